The van der Waals surface area contributed by atoms with Crippen LogP contribution in [0.15, 0.2) is 12.7 Å². The van der Waals surface area contributed by atoms with Crippen LogP contribution in [-0.2, 0) is 9.47 Å². The van der Waals surface area contributed by atoms with Crippen LogP contribution >= 0.6 is 11.6 Å². The SMILES string of the molecule is C=CCOC1O[C@H](C(O)NC(=O)NCCCl)[C@@H](O)[C@H](O)[C@H]1O. The number of aliphatic hydroxyl groups excluding tert-OH is 4. The lowest BCUT2D eigenvalue weighted by Gasteiger charge is -2.41. The molecule has 0 aliphatic carbocycles. The molecule has 128 valence electrons. The second-order valence-corrected chi connectivity index (χ2v) is 4.97. The molecule has 0 aromatic carbocycles. The number of rotatable bonds is 7. The van der Waals surface area contributed by atoms with E-state index in [2.05, 4.69) is 17.2 Å². The molecular weight excluding hydrogens is 320 g/mol. The van der Waals surface area contributed by atoms with Gasteiger partial charge in [0.2, 0.25) is 0 Å². The Labute approximate surface area is 132 Å². The second kappa shape index (κ2) is 9.26. The number of nitrogens with one attached hydrogen (secondary N) is 2. The zero-order chi connectivity index (χ0) is 16.7. The molecule has 9 nitrogen and oxygen atoms in total. The van der Waals surface area contributed by atoms with Gasteiger partial charge >= 0.3 is 6.03 Å². The predicted molar refractivity (Wildman–Crippen MR) is 76.1 cm³/mol. The summed E-state index contributed by atoms with van der Waals surface area (Å²) in [6, 6.07) is -0.729. The Bertz CT molecular complexity index is 373. The van der Waals surface area contributed by atoms with Crippen molar-refractivity contribution in [2.45, 2.75) is 36.9 Å². The normalized spacial score (nSPS) is 33.0. The van der Waals surface area contributed by atoms with E-state index in [0.717, 1.165) is 0 Å². The van der Waals surface area contributed by atoms with Gasteiger partial charge in [-0.15, -0.1) is 18.2 Å². The van der Waals surface area contributed by atoms with E-state index in [1.165, 1.54) is 6.08 Å². The molecular formula is C12H21ClN2O7. The van der Waals surface area contributed by atoms with Crippen LogP contribution in [0.25, 0.3) is 0 Å². The molecule has 0 spiro atoms. The molecule has 2 unspecified atom stereocenters. The maximum Gasteiger partial charge on any atom is 0.316 e. The van der Waals surface area contributed by atoms with Crippen LogP contribution in [0.3, 0.4) is 0 Å². The summed E-state index contributed by atoms with van der Waals surface area (Å²) in [4.78, 5) is 11.4. The zero-order valence-corrected chi connectivity index (χ0v) is 12.5. The minimum atomic E-state index is -1.64. The number of amides is 2. The molecule has 0 aromatic rings. The average Bonchev–Trinajstić information content (AvgIpc) is 2.49. The Morgan fingerprint density at radius 1 is 1.36 bits per heavy atom. The lowest BCUT2D eigenvalue weighted by atomic mass is 9.98. The van der Waals surface area contributed by atoms with Crippen molar-refractivity contribution >= 4 is 17.6 Å². The molecule has 0 radical (unpaired) electrons. The number of ether oxygens (including phenoxy) is 2. The molecule has 1 saturated heterocycles. The largest absolute Gasteiger partial charge is 0.387 e. The van der Waals surface area contributed by atoms with Gasteiger partial charge in [-0.2, -0.15) is 0 Å². The van der Waals surface area contributed by atoms with E-state index >= 15 is 0 Å². The molecule has 2 amide bonds. The van der Waals surface area contributed by atoms with E-state index in [1.807, 2.05) is 0 Å². The molecule has 0 bridgehead atoms. The number of hydrogen-bond donors (Lipinski definition) is 6. The van der Waals surface area contributed by atoms with Gasteiger partial charge in [-0.05, 0) is 0 Å². The van der Waals surface area contributed by atoms with Crippen molar-refractivity contribution in [1.82, 2.24) is 10.6 Å². The fourth-order valence-electron chi connectivity index (χ4n) is 1.86. The van der Waals surface area contributed by atoms with Crippen LogP contribution in [0.1, 0.15) is 0 Å². The second-order valence-electron chi connectivity index (χ2n) is 4.60. The van der Waals surface area contributed by atoms with Crippen LogP contribution in [-0.4, -0.2) is 82.4 Å². The van der Waals surface area contributed by atoms with Crippen molar-refractivity contribution in [2.75, 3.05) is 19.0 Å². The fourth-order valence-corrected chi connectivity index (χ4v) is 1.96. The van der Waals surface area contributed by atoms with E-state index in [1.54, 1.807) is 0 Å². The highest BCUT2D eigenvalue weighted by molar-refractivity contribution is 6.18. The molecule has 1 heterocycles. The molecule has 0 aromatic heterocycles. The van der Waals surface area contributed by atoms with Gasteiger partial charge < -0.3 is 40.5 Å². The molecule has 1 aliphatic heterocycles. The van der Waals surface area contributed by atoms with Gasteiger partial charge in [0.05, 0.1) is 6.61 Å². The summed E-state index contributed by atoms with van der Waals surface area (Å²) in [5.74, 6) is 0.189. The van der Waals surface area contributed by atoms with Gasteiger partial charge in [0.15, 0.2) is 12.5 Å². The summed E-state index contributed by atoms with van der Waals surface area (Å²) >= 11 is 5.40. The Morgan fingerprint density at radius 3 is 2.64 bits per heavy atom. The summed E-state index contributed by atoms with van der Waals surface area (Å²) < 4.78 is 10.3. The lowest BCUT2D eigenvalue weighted by molar-refractivity contribution is -0.308. The Hall–Kier alpha value is -0.940. The van der Waals surface area contributed by atoms with Gasteiger partial charge in [0.25, 0.3) is 0 Å². The molecule has 10 heteroatoms. The third-order valence-corrected chi connectivity index (χ3v) is 3.14. The third-order valence-electron chi connectivity index (χ3n) is 2.96. The molecule has 22 heavy (non-hydrogen) atoms. The highest BCUT2D eigenvalue weighted by Gasteiger charge is 2.47. The Kier molecular flexibility index (Phi) is 8.04. The summed E-state index contributed by atoms with van der Waals surface area (Å²) in [6.07, 6.45) is -7.67. The van der Waals surface area contributed by atoms with E-state index in [9.17, 15) is 25.2 Å². The topological polar surface area (TPSA) is 141 Å². The van der Waals surface area contributed by atoms with E-state index in [0.29, 0.717) is 0 Å². The molecule has 1 fully saturated rings. The Balaban J connectivity index is 2.65. The van der Waals surface area contributed by atoms with Gasteiger partial charge in [-0.25, -0.2) is 4.79 Å². The van der Waals surface area contributed by atoms with E-state index in [-0.39, 0.29) is 19.0 Å². The first kappa shape index (κ1) is 19.1. The number of halogens is 1. The van der Waals surface area contributed by atoms with Crippen molar-refractivity contribution in [2.24, 2.45) is 0 Å². The van der Waals surface area contributed by atoms with E-state index < -0.39 is 43.0 Å². The number of carbonyl (C=O) groups excluding carboxylic acids is 1. The molecule has 1 rings (SSSR count). The highest BCUT2D eigenvalue weighted by Crippen LogP contribution is 2.23. The smallest absolute Gasteiger partial charge is 0.316 e. The van der Waals surface area contributed by atoms with Gasteiger partial charge in [-0.1, -0.05) is 6.08 Å². The quantitative estimate of drug-likeness (QED) is 0.176. The van der Waals surface area contributed by atoms with Crippen molar-refractivity contribution in [3.63, 3.8) is 0 Å². The number of carbonyl (C=O) groups is 1. The molecule has 6 atom stereocenters. The number of aliphatic hydroxyl groups is 4. The predicted octanol–water partition coefficient (Wildman–Crippen LogP) is -2.15. The van der Waals surface area contributed by atoms with Crippen LogP contribution in [0.5, 0.6) is 0 Å². The Morgan fingerprint density at radius 2 is 2.05 bits per heavy atom. The average molecular weight is 341 g/mol. The number of hydrogen-bond acceptors (Lipinski definition) is 7. The van der Waals surface area contributed by atoms with Crippen LogP contribution < -0.4 is 10.6 Å². The van der Waals surface area contributed by atoms with Crippen LogP contribution in [0.4, 0.5) is 4.79 Å². The summed E-state index contributed by atoms with van der Waals surface area (Å²) in [7, 11) is 0. The standard InChI is InChI=1S/C12H21ClN2O7/c1-2-5-21-11-8(18)6(16)7(17)9(22-11)10(19)15-12(20)14-4-3-13/h2,6-11,16-19H,1,3-5H2,(H2,14,15,20)/t6-,7-,8+,9-,10?,11?/m0/s1. The molecule has 1 aliphatic rings. The monoisotopic (exact) mass is 340 g/mol. The van der Waals surface area contributed by atoms with Crippen molar-refractivity contribution in [3.8, 4) is 0 Å². The minimum Gasteiger partial charge on any atom is -0.387 e. The maximum absolute atomic E-state index is 11.4. The molecule has 6 N–H and O–H groups in total. The first-order chi connectivity index (χ1) is 10.4. The highest BCUT2D eigenvalue weighted by atomic mass is 35.5. The van der Waals surface area contributed by atoms with Crippen LogP contribution in [0, 0.1) is 0 Å². The number of urea groups is 1. The summed E-state index contributed by atoms with van der Waals surface area (Å²) in [5, 5.41) is 43.7. The van der Waals surface area contributed by atoms with Gasteiger partial charge in [0, 0.05) is 12.4 Å². The zero-order valence-electron chi connectivity index (χ0n) is 11.8. The maximum atomic E-state index is 11.4. The van der Waals surface area contributed by atoms with E-state index in [4.69, 9.17) is 21.1 Å². The first-order valence-corrected chi connectivity index (χ1v) is 7.16. The minimum absolute atomic E-state index is 0.0248. The molecule has 0 saturated carbocycles. The lowest BCUT2D eigenvalue weighted by Crippen LogP contribution is -2.64. The number of alkyl halides is 1. The van der Waals surface area contributed by atoms with Gasteiger partial charge in [-0.3, -0.25) is 0 Å². The summed E-state index contributed by atoms with van der Waals surface area (Å²) in [6.45, 7) is 3.63. The van der Waals surface area contributed by atoms with Gasteiger partial charge in [0.1, 0.15) is 24.4 Å². The van der Waals surface area contributed by atoms with Crippen LogP contribution in [0.2, 0.25) is 0 Å². The van der Waals surface area contributed by atoms with Crippen molar-refractivity contribution in [3.05, 3.63) is 12.7 Å². The van der Waals surface area contributed by atoms with Crippen molar-refractivity contribution in [1.29, 1.82) is 0 Å². The van der Waals surface area contributed by atoms with Crippen molar-refractivity contribution < 1.29 is 34.7 Å². The fraction of sp³-hybridized carbons (Fsp3) is 0.750. The summed E-state index contributed by atoms with van der Waals surface area (Å²) in [5.41, 5.74) is 0. The third kappa shape index (κ3) is 5.06. The first-order valence-electron chi connectivity index (χ1n) is 6.63.